The average molecular weight is 355 g/mol. The molecule has 1 N–H and O–H groups in total. The molecule has 0 aliphatic carbocycles. The topological polar surface area (TPSA) is 84.7 Å². The maximum absolute atomic E-state index is 12.9. The number of hydrogen-bond acceptors (Lipinski definition) is 4. The summed E-state index contributed by atoms with van der Waals surface area (Å²) < 4.78 is 7.13. The van der Waals surface area contributed by atoms with Gasteiger partial charge in [-0.05, 0) is 25.0 Å². The molecule has 2 saturated heterocycles. The number of fused-ring (bicyclic) bond motifs is 1. The van der Waals surface area contributed by atoms with Gasteiger partial charge in [0.25, 0.3) is 5.91 Å². The predicted octanol–water partition coefficient (Wildman–Crippen LogP) is 1.74. The van der Waals surface area contributed by atoms with Crippen molar-refractivity contribution in [2.75, 3.05) is 26.3 Å². The average Bonchev–Trinajstić information content (AvgIpc) is 3.27. The number of hydrogen-bond donors (Lipinski definition) is 1. The van der Waals surface area contributed by atoms with Crippen LogP contribution in [0.5, 0.6) is 0 Å². The Bertz CT molecular complexity index is 862. The van der Waals surface area contributed by atoms with Crippen molar-refractivity contribution in [1.82, 2.24) is 14.7 Å². The Balaban J connectivity index is 1.58. The fraction of sp³-hybridized carbons (Fsp3) is 0.421. The molecular weight excluding hydrogens is 334 g/mol. The van der Waals surface area contributed by atoms with Crippen molar-refractivity contribution in [1.29, 1.82) is 0 Å². The number of para-hydroxylation sites is 1. The van der Waals surface area contributed by atoms with Crippen molar-refractivity contribution < 1.29 is 19.4 Å². The van der Waals surface area contributed by atoms with Crippen LogP contribution in [0.3, 0.4) is 0 Å². The summed E-state index contributed by atoms with van der Waals surface area (Å²) in [6.45, 7) is 3.43. The van der Waals surface area contributed by atoms with Crippen molar-refractivity contribution >= 4 is 11.9 Å². The lowest BCUT2D eigenvalue weighted by molar-refractivity contribution is -0.157. The maximum Gasteiger partial charge on any atom is 0.311 e. The van der Waals surface area contributed by atoms with E-state index in [9.17, 15) is 14.7 Å². The van der Waals surface area contributed by atoms with Gasteiger partial charge in [-0.15, -0.1) is 0 Å². The number of carbonyl (C=O) groups excluding carboxylic acids is 1. The Kier molecular flexibility index (Phi) is 4.03. The van der Waals surface area contributed by atoms with Crippen molar-refractivity contribution in [2.45, 2.75) is 13.3 Å². The van der Waals surface area contributed by atoms with Crippen LogP contribution in [0.2, 0.25) is 0 Å². The first-order chi connectivity index (χ1) is 12.5. The molecule has 2 fully saturated rings. The number of rotatable bonds is 3. The second-order valence-corrected chi connectivity index (χ2v) is 7.13. The van der Waals surface area contributed by atoms with Gasteiger partial charge >= 0.3 is 5.97 Å². The van der Waals surface area contributed by atoms with Crippen LogP contribution in [0.4, 0.5) is 0 Å². The molecule has 26 heavy (non-hydrogen) atoms. The minimum absolute atomic E-state index is 0.163. The summed E-state index contributed by atoms with van der Waals surface area (Å²) in [5, 5.41) is 14.1. The van der Waals surface area contributed by atoms with Crippen LogP contribution in [0.15, 0.2) is 36.7 Å². The molecule has 0 spiro atoms. The highest BCUT2D eigenvalue weighted by Crippen LogP contribution is 2.42. The third-order valence-corrected chi connectivity index (χ3v) is 5.61. The lowest BCUT2D eigenvalue weighted by atomic mass is 9.74. The molecule has 0 unspecified atom stereocenters. The van der Waals surface area contributed by atoms with Crippen LogP contribution in [-0.2, 0) is 9.53 Å². The largest absolute Gasteiger partial charge is 0.481 e. The van der Waals surface area contributed by atoms with Crippen molar-refractivity contribution in [3.05, 3.63) is 47.8 Å². The Hall–Kier alpha value is -2.67. The fourth-order valence-corrected chi connectivity index (χ4v) is 4.02. The molecule has 0 radical (unpaired) electrons. The maximum atomic E-state index is 12.9. The van der Waals surface area contributed by atoms with Gasteiger partial charge in [0.2, 0.25) is 0 Å². The van der Waals surface area contributed by atoms with Crippen LogP contribution in [0.25, 0.3) is 5.69 Å². The number of likely N-dealkylation sites (tertiary alicyclic amines) is 1. The fourth-order valence-electron chi connectivity index (χ4n) is 4.02. The molecule has 2 aliphatic rings. The van der Waals surface area contributed by atoms with Crippen LogP contribution in [-0.4, -0.2) is 58.0 Å². The van der Waals surface area contributed by atoms with E-state index in [0.29, 0.717) is 31.7 Å². The number of carboxylic acid groups (broad SMARTS) is 1. The van der Waals surface area contributed by atoms with E-state index in [1.54, 1.807) is 22.0 Å². The number of carboxylic acids is 1. The van der Waals surface area contributed by atoms with E-state index in [-0.39, 0.29) is 18.4 Å². The van der Waals surface area contributed by atoms with Crippen LogP contribution < -0.4 is 0 Å². The monoisotopic (exact) mass is 355 g/mol. The normalized spacial score (nSPS) is 25.1. The zero-order valence-corrected chi connectivity index (χ0v) is 14.6. The summed E-state index contributed by atoms with van der Waals surface area (Å²) in [4.78, 5) is 26.4. The SMILES string of the molecule is Cc1ccccc1-n1cc(C(=O)N2C[C@H]3COCC[C@@]3(C(=O)O)C2)cn1. The number of ether oxygens (including phenoxy) is 1. The van der Waals surface area contributed by atoms with E-state index in [1.807, 2.05) is 31.2 Å². The van der Waals surface area contributed by atoms with Crippen LogP contribution >= 0.6 is 0 Å². The lowest BCUT2D eigenvalue weighted by Crippen LogP contribution is -2.45. The van der Waals surface area contributed by atoms with E-state index >= 15 is 0 Å². The summed E-state index contributed by atoms with van der Waals surface area (Å²) in [6.07, 6.45) is 3.69. The van der Waals surface area contributed by atoms with Gasteiger partial charge in [-0.25, -0.2) is 4.68 Å². The van der Waals surface area contributed by atoms with Gasteiger partial charge in [0, 0.05) is 31.8 Å². The number of aromatic nitrogens is 2. The third kappa shape index (κ3) is 2.59. The van der Waals surface area contributed by atoms with Crippen LogP contribution in [0.1, 0.15) is 22.3 Å². The van der Waals surface area contributed by atoms with Gasteiger partial charge in [-0.2, -0.15) is 5.10 Å². The van der Waals surface area contributed by atoms with Gasteiger partial charge < -0.3 is 14.7 Å². The molecule has 1 aromatic carbocycles. The first-order valence-electron chi connectivity index (χ1n) is 8.72. The third-order valence-electron chi connectivity index (χ3n) is 5.61. The zero-order chi connectivity index (χ0) is 18.3. The molecule has 4 rings (SSSR count). The van der Waals surface area contributed by atoms with Crippen molar-refractivity contribution in [3.8, 4) is 5.69 Å². The van der Waals surface area contributed by atoms with E-state index in [4.69, 9.17) is 4.74 Å². The standard InChI is InChI=1S/C19H21N3O4/c1-13-4-2-3-5-16(13)22-9-14(8-20-22)17(23)21-10-15-11-26-7-6-19(15,12-21)18(24)25/h2-5,8-9,15H,6-7,10-12H2,1H3,(H,24,25)/t15-,19+/m0/s1. The molecule has 136 valence electrons. The van der Waals surface area contributed by atoms with Crippen molar-refractivity contribution in [2.24, 2.45) is 11.3 Å². The Morgan fingerprint density at radius 2 is 2.15 bits per heavy atom. The molecule has 1 aromatic heterocycles. The molecule has 7 nitrogen and oxygen atoms in total. The Morgan fingerprint density at radius 1 is 1.35 bits per heavy atom. The highest BCUT2D eigenvalue weighted by molar-refractivity contribution is 5.94. The van der Waals surface area contributed by atoms with E-state index in [0.717, 1.165) is 11.3 Å². The molecule has 3 heterocycles. The number of benzene rings is 1. The molecule has 2 atom stereocenters. The highest BCUT2D eigenvalue weighted by atomic mass is 16.5. The molecule has 2 aliphatic heterocycles. The lowest BCUT2D eigenvalue weighted by Gasteiger charge is -2.33. The molecular formula is C19H21N3O4. The highest BCUT2D eigenvalue weighted by Gasteiger charge is 2.55. The Morgan fingerprint density at radius 3 is 2.88 bits per heavy atom. The second-order valence-electron chi connectivity index (χ2n) is 7.13. The predicted molar refractivity (Wildman–Crippen MR) is 93.2 cm³/mol. The van der Waals surface area contributed by atoms with Gasteiger partial charge in [-0.1, -0.05) is 18.2 Å². The summed E-state index contributed by atoms with van der Waals surface area (Å²) in [5.74, 6) is -1.18. The first-order valence-corrected chi connectivity index (χ1v) is 8.72. The van der Waals surface area contributed by atoms with E-state index in [2.05, 4.69) is 5.10 Å². The molecule has 2 aromatic rings. The van der Waals surface area contributed by atoms with Gasteiger partial charge in [-0.3, -0.25) is 9.59 Å². The number of amides is 1. The van der Waals surface area contributed by atoms with Gasteiger partial charge in [0.05, 0.1) is 29.5 Å². The molecule has 1 amide bonds. The minimum Gasteiger partial charge on any atom is -0.481 e. The Labute approximate surface area is 151 Å². The van der Waals surface area contributed by atoms with Crippen molar-refractivity contribution in [3.63, 3.8) is 0 Å². The molecule has 0 bridgehead atoms. The van der Waals surface area contributed by atoms with E-state index in [1.165, 1.54) is 0 Å². The number of carbonyl (C=O) groups is 2. The van der Waals surface area contributed by atoms with Gasteiger partial charge in [0.15, 0.2) is 0 Å². The first kappa shape index (κ1) is 16.8. The smallest absolute Gasteiger partial charge is 0.311 e. The van der Waals surface area contributed by atoms with Crippen LogP contribution in [0, 0.1) is 18.3 Å². The minimum atomic E-state index is -0.889. The number of aryl methyl sites for hydroxylation is 1. The molecule has 0 saturated carbocycles. The summed E-state index contributed by atoms with van der Waals surface area (Å²) in [5.41, 5.74) is 1.55. The summed E-state index contributed by atoms with van der Waals surface area (Å²) in [7, 11) is 0. The second kappa shape index (κ2) is 6.25. The quantitative estimate of drug-likeness (QED) is 0.907. The van der Waals surface area contributed by atoms with Gasteiger partial charge in [0.1, 0.15) is 0 Å². The zero-order valence-electron chi connectivity index (χ0n) is 14.6. The summed E-state index contributed by atoms with van der Waals surface area (Å²) >= 11 is 0. The number of aliphatic carboxylic acids is 1. The number of nitrogens with zero attached hydrogens (tertiary/aromatic N) is 3. The molecule has 7 heteroatoms. The van der Waals surface area contributed by atoms with E-state index < -0.39 is 11.4 Å². The summed E-state index contributed by atoms with van der Waals surface area (Å²) in [6, 6.07) is 7.80.